The maximum absolute atomic E-state index is 2.91. The summed E-state index contributed by atoms with van der Waals surface area (Å²) in [7, 11) is 0. The Morgan fingerprint density at radius 3 is 0.535 bits per heavy atom. The van der Waals surface area contributed by atoms with Gasteiger partial charge in [0.25, 0.3) is 0 Å². The zero-order chi connectivity index (χ0) is 60.8. The minimum atomic E-state index is -0.293. The van der Waals surface area contributed by atoms with Gasteiger partial charge in [-0.1, -0.05) is 226 Å². The van der Waals surface area contributed by atoms with Crippen molar-refractivity contribution in [3.05, 3.63) is 312 Å². The summed E-state index contributed by atoms with van der Waals surface area (Å²) in [4.78, 5) is 0. The molecule has 0 fully saturated rings. The molecule has 0 aromatic heterocycles. The molecule has 0 nitrogen and oxygen atoms in total. The Bertz CT molecular complexity index is 3480. The van der Waals surface area contributed by atoms with Gasteiger partial charge in [-0.05, 0) is 274 Å². The van der Waals surface area contributed by atoms with Gasteiger partial charge in [0, 0.05) is 21.7 Å². The molecule has 12 rings (SSSR count). The van der Waals surface area contributed by atoms with Gasteiger partial charge in [-0.15, -0.1) is 0 Å². The fourth-order valence-electron chi connectivity index (χ4n) is 18.2. The Balaban J connectivity index is 1.26. The van der Waals surface area contributed by atoms with Crippen LogP contribution in [-0.2, 0) is 54.8 Å². The van der Waals surface area contributed by atoms with Crippen LogP contribution in [0.1, 0.15) is 233 Å². The van der Waals surface area contributed by atoms with E-state index in [4.69, 9.17) is 0 Å². The van der Waals surface area contributed by atoms with Gasteiger partial charge in [0.1, 0.15) is 0 Å². The molecule has 9 aromatic carbocycles. The summed E-state index contributed by atoms with van der Waals surface area (Å²) in [6.07, 6.45) is 12.1. The Morgan fingerprint density at radius 1 is 0.221 bits per heavy atom. The van der Waals surface area contributed by atoms with Crippen LogP contribution in [0.25, 0.3) is 0 Å². The lowest BCUT2D eigenvalue weighted by Gasteiger charge is -2.53. The molecule has 0 saturated carbocycles. The van der Waals surface area contributed by atoms with Gasteiger partial charge in [0.2, 0.25) is 0 Å². The number of fused-ring (bicyclic) bond motifs is 9. The first-order chi connectivity index (χ1) is 41.2. The molecule has 0 aliphatic heterocycles. The summed E-state index contributed by atoms with van der Waals surface area (Å²) >= 11 is 0. The summed E-state index contributed by atoms with van der Waals surface area (Å²) in [6, 6.07) is 60.2. The molecule has 0 radical (unpaired) electrons. The molecule has 0 bridgehead atoms. The fraction of sp³-hybridized carbons (Fsp3) is 0.372. The number of hydrogen-bond acceptors (Lipinski definition) is 0. The lowest BCUT2D eigenvalue weighted by Crippen LogP contribution is -2.54. The maximum Gasteiger partial charge on any atom is 0.0286 e. The highest BCUT2D eigenvalue weighted by atomic mass is 14.8. The second-order valence-electron chi connectivity index (χ2n) is 28.2. The molecule has 9 aromatic rings. The van der Waals surface area contributed by atoms with Crippen molar-refractivity contribution in [2.24, 2.45) is 5.41 Å². The van der Waals surface area contributed by atoms with Crippen LogP contribution in [0, 0.1) is 88.5 Å². The van der Waals surface area contributed by atoms with E-state index in [2.05, 4.69) is 256 Å². The van der Waals surface area contributed by atoms with Gasteiger partial charge in [0.05, 0.1) is 0 Å². The van der Waals surface area contributed by atoms with Crippen LogP contribution in [0.4, 0.5) is 0 Å². The van der Waals surface area contributed by atoms with Crippen LogP contribution in [0.3, 0.4) is 0 Å². The van der Waals surface area contributed by atoms with Crippen LogP contribution in [0.15, 0.2) is 146 Å². The van der Waals surface area contributed by atoms with E-state index in [0.29, 0.717) is 0 Å². The van der Waals surface area contributed by atoms with E-state index in [-0.39, 0.29) is 21.7 Å². The summed E-state index contributed by atoms with van der Waals surface area (Å²) in [5.74, 6) is 0. The van der Waals surface area contributed by atoms with E-state index in [1.807, 2.05) is 0 Å². The van der Waals surface area contributed by atoms with Gasteiger partial charge >= 0.3 is 0 Å². The first-order valence-corrected chi connectivity index (χ1v) is 33.1. The zero-order valence-electron chi connectivity index (χ0n) is 55.3. The molecule has 3 aliphatic rings. The van der Waals surface area contributed by atoms with E-state index >= 15 is 0 Å². The highest BCUT2D eigenvalue weighted by Crippen LogP contribution is 2.85. The molecule has 0 heteroatoms. The van der Waals surface area contributed by atoms with E-state index in [1.165, 1.54) is 134 Å². The van der Waals surface area contributed by atoms with E-state index in [0.717, 1.165) is 77.0 Å². The first kappa shape index (κ1) is 59.3. The van der Waals surface area contributed by atoms with E-state index in [9.17, 15) is 0 Å². The van der Waals surface area contributed by atoms with Gasteiger partial charge in [-0.3, -0.25) is 0 Å². The van der Waals surface area contributed by atoms with Crippen LogP contribution in [0.2, 0.25) is 0 Å². The number of rotatable bonds is 18. The molecular weight excluding hydrogens is 1030 g/mol. The van der Waals surface area contributed by atoms with Gasteiger partial charge in [-0.2, -0.15) is 0 Å². The molecule has 440 valence electrons. The van der Waals surface area contributed by atoms with Crippen molar-refractivity contribution < 1.29 is 0 Å². The minimum absolute atomic E-state index is 0.251. The summed E-state index contributed by atoms with van der Waals surface area (Å²) in [6.45, 7) is 38.2. The molecular formula is C86H96. The molecule has 0 N–H and O–H groups in total. The lowest BCUT2D eigenvalue weighted by molar-refractivity contribution is 0.0540. The molecule has 0 saturated heterocycles. The second kappa shape index (κ2) is 22.6. The molecule has 3 aliphatic carbocycles. The standard InChI is InChI=1S/C86H96/c1-17-32-84-77-47-71(41-65-35-53(4)20-26-59(65)10)73(43-67-37-55(6)22-28-61(67)12)49-79(77)85(33-18-2)81-51-75(45-69-39-57(8)24-30-63(69)14)76(46-70-40-58(9)25-31-64(70)15)52-82(81)86(34-19-3,83(84,85)16)80-50-74(44-68-38-56(7)23-29-62(68)13)72(48-78(80)84)42-66-36-54(5)21-27-60(66)11/h20-31,35-40,47-52H,17-19,32-34,41-46H2,1-16H3. The van der Waals surface area contributed by atoms with Gasteiger partial charge in [-0.25, -0.2) is 0 Å². The van der Waals surface area contributed by atoms with Crippen LogP contribution in [-0.4, -0.2) is 0 Å². The molecule has 0 spiro atoms. The third-order valence-corrected chi connectivity index (χ3v) is 22.5. The smallest absolute Gasteiger partial charge is 0.0286 e. The normalized spacial score (nSPS) is 19.7. The number of hydrogen-bond donors (Lipinski definition) is 0. The summed E-state index contributed by atoms with van der Waals surface area (Å²) in [5.41, 5.74) is 42.6. The Morgan fingerprint density at radius 2 is 0.384 bits per heavy atom. The Labute approximate surface area is 519 Å². The van der Waals surface area contributed by atoms with Crippen molar-refractivity contribution in [1.29, 1.82) is 0 Å². The van der Waals surface area contributed by atoms with Gasteiger partial charge < -0.3 is 0 Å². The Hall–Kier alpha value is -7.02. The molecule has 0 atom stereocenters. The molecule has 86 heavy (non-hydrogen) atoms. The zero-order valence-corrected chi connectivity index (χ0v) is 55.3. The average molecular weight is 1130 g/mol. The van der Waals surface area contributed by atoms with Crippen molar-refractivity contribution in [3.63, 3.8) is 0 Å². The highest BCUT2D eigenvalue weighted by molar-refractivity contribution is 5.80. The van der Waals surface area contributed by atoms with Gasteiger partial charge in [0.15, 0.2) is 0 Å². The van der Waals surface area contributed by atoms with Crippen LogP contribution in [0.5, 0.6) is 0 Å². The minimum Gasteiger partial charge on any atom is -0.0653 e. The topological polar surface area (TPSA) is 0 Å². The third kappa shape index (κ3) is 9.35. The predicted octanol–water partition coefficient (Wildman–Crippen LogP) is 21.5. The largest absolute Gasteiger partial charge is 0.0653 e. The summed E-state index contributed by atoms with van der Waals surface area (Å²) in [5, 5.41) is 0. The predicted molar refractivity (Wildman–Crippen MR) is 367 cm³/mol. The SMILES string of the molecule is CCCC12c3cc(Cc4cc(C)ccc4C)c(Cc4cc(C)ccc4C)cc3C3(CCC)c4cc(Cc5cc(C)ccc5C)c(Cc5cc(C)ccc5C)cc4C(CCC)(c4cc(Cc5cc(C)ccc5C)c(Cc5cc(C)ccc5C)cc41)C23C. The van der Waals surface area contributed by atoms with Crippen molar-refractivity contribution >= 4 is 0 Å². The summed E-state index contributed by atoms with van der Waals surface area (Å²) < 4.78 is 0. The van der Waals surface area contributed by atoms with Crippen molar-refractivity contribution in [1.82, 2.24) is 0 Å². The van der Waals surface area contributed by atoms with Crippen LogP contribution >= 0.6 is 0 Å². The van der Waals surface area contributed by atoms with Crippen LogP contribution < -0.4 is 0 Å². The molecule has 0 heterocycles. The van der Waals surface area contributed by atoms with Crippen molar-refractivity contribution in [3.8, 4) is 0 Å². The monoisotopic (exact) mass is 1130 g/mol. The van der Waals surface area contributed by atoms with Crippen molar-refractivity contribution in [2.75, 3.05) is 0 Å². The average Bonchev–Trinajstić information content (AvgIpc) is 1.43. The molecule has 0 amide bonds. The first-order valence-electron chi connectivity index (χ1n) is 33.1. The van der Waals surface area contributed by atoms with E-state index < -0.39 is 0 Å². The lowest BCUT2D eigenvalue weighted by atomic mass is 9.48. The Kier molecular flexibility index (Phi) is 15.6. The van der Waals surface area contributed by atoms with E-state index in [1.54, 1.807) is 33.4 Å². The fourth-order valence-corrected chi connectivity index (χ4v) is 18.2. The van der Waals surface area contributed by atoms with Crippen molar-refractivity contribution in [2.45, 2.75) is 204 Å². The third-order valence-electron chi connectivity index (χ3n) is 22.5. The maximum atomic E-state index is 2.91. The second-order valence-corrected chi connectivity index (χ2v) is 28.2. The highest BCUT2D eigenvalue weighted by Gasteiger charge is 2.82. The quantitative estimate of drug-likeness (QED) is 0.0803. The number of aryl methyl sites for hydroxylation is 12. The molecule has 0 unspecified atom stereocenters. The number of benzene rings is 9.